The Hall–Kier alpha value is -3.89. The van der Waals surface area contributed by atoms with Crippen molar-refractivity contribution < 1.29 is 22.3 Å². The predicted octanol–water partition coefficient (Wildman–Crippen LogP) is 7.51. The lowest BCUT2D eigenvalue weighted by Gasteiger charge is -2.53. The fourth-order valence-electron chi connectivity index (χ4n) is 7.29. The molecule has 6 nitrogen and oxygen atoms in total. The maximum atomic E-state index is 14.5. The van der Waals surface area contributed by atoms with Crippen molar-refractivity contribution in [1.82, 2.24) is 4.31 Å². The first kappa shape index (κ1) is 36.9. The van der Waals surface area contributed by atoms with E-state index < -0.39 is 36.5 Å². The molecule has 5 aromatic rings. The van der Waals surface area contributed by atoms with Crippen LogP contribution < -0.4 is 10.4 Å². The first-order valence-corrected chi connectivity index (χ1v) is 21.1. The molecule has 0 N–H and O–H groups in total. The summed E-state index contributed by atoms with van der Waals surface area (Å²) in [5.74, 6) is 0. The SMILES string of the molecule is Cc1ccc(S(=O)(=O)N2[C@@H](CCO[Si](c3ccccc3)(c3ccccc3)C(C)(C)C)[C@@H](OCc3ccccc3)[C@@H]2COCc2ccccc2)cc1. The van der Waals surface area contributed by atoms with E-state index in [1.165, 1.54) is 10.4 Å². The number of sulfonamides is 1. The molecule has 1 aliphatic heterocycles. The summed E-state index contributed by atoms with van der Waals surface area (Å²) in [6.07, 6.45) is 0.0634. The molecular formula is C43H49NO5SSi. The zero-order chi connectivity index (χ0) is 35.9. The van der Waals surface area contributed by atoms with Gasteiger partial charge in [-0.1, -0.05) is 160 Å². The second-order valence-corrected chi connectivity index (χ2v) is 20.5. The van der Waals surface area contributed by atoms with Gasteiger partial charge in [0.2, 0.25) is 10.0 Å². The summed E-state index contributed by atoms with van der Waals surface area (Å²) in [6.45, 7) is 10.0. The minimum absolute atomic E-state index is 0.200. The van der Waals surface area contributed by atoms with E-state index >= 15 is 0 Å². The van der Waals surface area contributed by atoms with E-state index in [4.69, 9.17) is 13.9 Å². The Morgan fingerprint density at radius 3 is 1.65 bits per heavy atom. The molecule has 1 saturated heterocycles. The molecule has 1 aliphatic rings. The summed E-state index contributed by atoms with van der Waals surface area (Å²) in [5.41, 5.74) is 3.06. The monoisotopic (exact) mass is 719 g/mol. The van der Waals surface area contributed by atoms with E-state index in [1.54, 1.807) is 16.4 Å². The molecule has 0 bridgehead atoms. The van der Waals surface area contributed by atoms with Crippen LogP contribution in [-0.2, 0) is 37.1 Å². The van der Waals surface area contributed by atoms with Gasteiger partial charge in [0.05, 0.1) is 42.9 Å². The topological polar surface area (TPSA) is 65.1 Å². The summed E-state index contributed by atoms with van der Waals surface area (Å²) in [7, 11) is -6.74. The molecule has 8 heteroatoms. The highest BCUT2D eigenvalue weighted by Crippen LogP contribution is 2.40. The van der Waals surface area contributed by atoms with Crippen LogP contribution in [0.1, 0.15) is 43.9 Å². The fraction of sp³-hybridized carbons (Fsp3) is 0.302. The fourth-order valence-corrected chi connectivity index (χ4v) is 13.7. The van der Waals surface area contributed by atoms with Gasteiger partial charge in [0.15, 0.2) is 0 Å². The highest BCUT2D eigenvalue weighted by Gasteiger charge is 2.56. The van der Waals surface area contributed by atoms with Crippen LogP contribution in [0.2, 0.25) is 5.04 Å². The Morgan fingerprint density at radius 1 is 0.647 bits per heavy atom. The molecule has 1 heterocycles. The van der Waals surface area contributed by atoms with Gasteiger partial charge in [-0.15, -0.1) is 0 Å². The Labute approximate surface area is 305 Å². The number of hydrogen-bond donors (Lipinski definition) is 0. The van der Waals surface area contributed by atoms with Crippen LogP contribution in [0, 0.1) is 6.92 Å². The lowest BCUT2D eigenvalue weighted by molar-refractivity contribution is -0.143. The van der Waals surface area contributed by atoms with Crippen molar-refractivity contribution >= 4 is 28.7 Å². The van der Waals surface area contributed by atoms with Gasteiger partial charge >= 0.3 is 0 Å². The first-order chi connectivity index (χ1) is 24.6. The smallest absolute Gasteiger partial charge is 0.261 e. The van der Waals surface area contributed by atoms with Gasteiger partial charge < -0.3 is 13.9 Å². The molecule has 0 radical (unpaired) electrons. The van der Waals surface area contributed by atoms with Crippen LogP contribution in [-0.4, -0.2) is 52.4 Å². The van der Waals surface area contributed by atoms with Crippen LogP contribution in [0.25, 0.3) is 0 Å². The highest BCUT2D eigenvalue weighted by atomic mass is 32.2. The lowest BCUT2D eigenvalue weighted by Crippen LogP contribution is -2.72. The molecule has 0 amide bonds. The van der Waals surface area contributed by atoms with E-state index in [2.05, 4.69) is 69.3 Å². The Balaban J connectivity index is 1.33. The zero-order valence-corrected chi connectivity index (χ0v) is 31.8. The molecule has 0 unspecified atom stereocenters. The first-order valence-electron chi connectivity index (χ1n) is 17.7. The van der Waals surface area contributed by atoms with Crippen molar-refractivity contribution in [2.75, 3.05) is 13.2 Å². The average molecular weight is 720 g/mol. The van der Waals surface area contributed by atoms with E-state index in [1.807, 2.05) is 91.9 Å². The maximum Gasteiger partial charge on any atom is 0.261 e. The predicted molar refractivity (Wildman–Crippen MR) is 207 cm³/mol. The third kappa shape index (κ3) is 8.12. The minimum atomic E-state index is -3.90. The minimum Gasteiger partial charge on any atom is -0.407 e. The van der Waals surface area contributed by atoms with Gasteiger partial charge in [-0.05, 0) is 52.0 Å². The molecule has 51 heavy (non-hydrogen) atoms. The summed E-state index contributed by atoms with van der Waals surface area (Å²) < 4.78 is 50.9. The zero-order valence-electron chi connectivity index (χ0n) is 30.0. The summed E-state index contributed by atoms with van der Waals surface area (Å²) in [4.78, 5) is 0.264. The highest BCUT2D eigenvalue weighted by molar-refractivity contribution is 7.89. The van der Waals surface area contributed by atoms with E-state index in [-0.39, 0.29) is 16.5 Å². The largest absolute Gasteiger partial charge is 0.407 e. The quantitative estimate of drug-likeness (QED) is 0.105. The van der Waals surface area contributed by atoms with Crippen molar-refractivity contribution in [3.05, 3.63) is 162 Å². The standard InChI is InChI=1S/C43H49NO5SSi/c1-34-25-27-37(28-26-34)50(45,46)44-40(29-30-49-51(43(2,3)4,38-21-13-7-14-22-38)39-23-15-8-16-24-39)42(48-32-36-19-11-6-12-20-36)41(44)33-47-31-35-17-9-5-10-18-35/h5-28,40-42H,29-33H2,1-4H3/t40-,41-,42+/m0/s1. The molecule has 0 saturated carbocycles. The molecule has 1 fully saturated rings. The van der Waals surface area contributed by atoms with Crippen LogP contribution >= 0.6 is 0 Å². The van der Waals surface area contributed by atoms with Gasteiger partial charge in [0.25, 0.3) is 8.32 Å². The average Bonchev–Trinajstić information content (AvgIpc) is 3.13. The van der Waals surface area contributed by atoms with Gasteiger partial charge in [-0.2, -0.15) is 4.31 Å². The molecule has 0 spiro atoms. The molecule has 266 valence electrons. The maximum absolute atomic E-state index is 14.5. The van der Waals surface area contributed by atoms with Gasteiger partial charge in [0, 0.05) is 6.61 Å². The van der Waals surface area contributed by atoms with E-state index in [0.29, 0.717) is 26.2 Å². The number of rotatable bonds is 15. The number of hydrogen-bond acceptors (Lipinski definition) is 5. The van der Waals surface area contributed by atoms with E-state index in [9.17, 15) is 8.42 Å². The molecule has 6 rings (SSSR count). The van der Waals surface area contributed by atoms with Crippen molar-refractivity contribution in [3.63, 3.8) is 0 Å². The molecule has 0 aromatic heterocycles. The van der Waals surface area contributed by atoms with Gasteiger partial charge in [0.1, 0.15) is 0 Å². The van der Waals surface area contributed by atoms with Crippen LogP contribution in [0.5, 0.6) is 0 Å². The lowest BCUT2D eigenvalue weighted by atomic mass is 9.90. The second-order valence-electron chi connectivity index (χ2n) is 14.3. The second kappa shape index (κ2) is 16.2. The summed E-state index contributed by atoms with van der Waals surface area (Å²) >= 11 is 0. The van der Waals surface area contributed by atoms with Crippen LogP contribution in [0.15, 0.2) is 150 Å². The number of nitrogens with zero attached hydrogens (tertiary/aromatic N) is 1. The van der Waals surface area contributed by atoms with Gasteiger partial charge in [-0.25, -0.2) is 8.42 Å². The summed E-state index contributed by atoms with van der Waals surface area (Å²) in [6, 6.07) is 47.1. The van der Waals surface area contributed by atoms with Crippen LogP contribution in [0.4, 0.5) is 0 Å². The Bertz CT molecular complexity index is 1880. The number of ether oxygens (including phenoxy) is 2. The normalized spacial score (nSPS) is 18.3. The number of aryl methyl sites for hydroxylation is 1. The molecule has 5 aromatic carbocycles. The van der Waals surface area contributed by atoms with Gasteiger partial charge in [-0.3, -0.25) is 0 Å². The third-order valence-electron chi connectivity index (χ3n) is 9.84. The number of benzene rings is 5. The Kier molecular flexibility index (Phi) is 11.7. The van der Waals surface area contributed by atoms with Crippen LogP contribution in [0.3, 0.4) is 0 Å². The van der Waals surface area contributed by atoms with Crippen molar-refractivity contribution in [2.45, 2.75) is 75.5 Å². The molecule has 3 atom stereocenters. The van der Waals surface area contributed by atoms with Crippen molar-refractivity contribution in [1.29, 1.82) is 0 Å². The third-order valence-corrected chi connectivity index (χ3v) is 16.8. The van der Waals surface area contributed by atoms with Crippen molar-refractivity contribution in [2.24, 2.45) is 0 Å². The van der Waals surface area contributed by atoms with E-state index in [0.717, 1.165) is 16.7 Å². The van der Waals surface area contributed by atoms with Crippen molar-refractivity contribution in [3.8, 4) is 0 Å². The Morgan fingerprint density at radius 2 is 1.14 bits per heavy atom. The summed E-state index contributed by atoms with van der Waals surface area (Å²) in [5, 5.41) is 2.16. The molecule has 0 aliphatic carbocycles. The molecular weight excluding hydrogens is 671 g/mol.